The van der Waals surface area contributed by atoms with Crippen LogP contribution in [0.5, 0.6) is 0 Å². The zero-order valence-electron chi connectivity index (χ0n) is 6.75. The molecule has 0 heterocycles. The summed E-state index contributed by atoms with van der Waals surface area (Å²) in [5.74, 6) is 0. The SMILES string of the molecule is C=CC(=C)/C(=C\C=NC)N=C. The maximum absolute atomic E-state index is 3.78. The second-order valence-electron chi connectivity index (χ2n) is 1.85. The predicted molar refractivity (Wildman–Crippen MR) is 51.4 cm³/mol. The van der Waals surface area contributed by atoms with Gasteiger partial charge >= 0.3 is 0 Å². The Bertz CT molecular complexity index is 222. The van der Waals surface area contributed by atoms with Crippen LogP contribution in [0.2, 0.25) is 0 Å². The van der Waals surface area contributed by atoms with Gasteiger partial charge in [0.1, 0.15) is 0 Å². The third-order valence-corrected chi connectivity index (χ3v) is 1.13. The summed E-state index contributed by atoms with van der Waals surface area (Å²) in [6.45, 7) is 10.7. The smallest absolute Gasteiger partial charge is 0.0703 e. The summed E-state index contributed by atoms with van der Waals surface area (Å²) < 4.78 is 0. The zero-order chi connectivity index (χ0) is 8.69. The van der Waals surface area contributed by atoms with E-state index in [2.05, 4.69) is 29.9 Å². The molecule has 2 nitrogen and oxygen atoms in total. The van der Waals surface area contributed by atoms with E-state index in [4.69, 9.17) is 0 Å². The van der Waals surface area contributed by atoms with Crippen molar-refractivity contribution in [3.8, 4) is 0 Å². The summed E-state index contributed by atoms with van der Waals surface area (Å²) in [7, 11) is 1.69. The molecule has 0 amide bonds. The van der Waals surface area contributed by atoms with E-state index in [0.717, 1.165) is 5.57 Å². The maximum atomic E-state index is 3.78. The summed E-state index contributed by atoms with van der Waals surface area (Å²) in [6, 6.07) is 0. The summed E-state index contributed by atoms with van der Waals surface area (Å²) in [5.41, 5.74) is 1.45. The molecule has 0 spiro atoms. The van der Waals surface area contributed by atoms with E-state index >= 15 is 0 Å². The molecule has 0 saturated heterocycles. The highest BCUT2D eigenvalue weighted by atomic mass is 14.7. The van der Waals surface area contributed by atoms with E-state index in [1.807, 2.05) is 0 Å². The summed E-state index contributed by atoms with van der Waals surface area (Å²) in [4.78, 5) is 7.52. The summed E-state index contributed by atoms with van der Waals surface area (Å²) in [5, 5.41) is 0. The lowest BCUT2D eigenvalue weighted by molar-refractivity contribution is 1.38. The first-order chi connectivity index (χ1) is 5.26. The third-order valence-electron chi connectivity index (χ3n) is 1.13. The van der Waals surface area contributed by atoms with Crippen molar-refractivity contribution < 1.29 is 0 Å². The minimum atomic E-state index is 0.700. The Morgan fingerprint density at radius 2 is 2.09 bits per heavy atom. The van der Waals surface area contributed by atoms with Crippen LogP contribution in [-0.4, -0.2) is 20.0 Å². The number of hydrogen-bond acceptors (Lipinski definition) is 2. The monoisotopic (exact) mass is 148 g/mol. The van der Waals surface area contributed by atoms with Crippen LogP contribution < -0.4 is 0 Å². The van der Waals surface area contributed by atoms with Crippen molar-refractivity contribution in [1.29, 1.82) is 0 Å². The highest BCUT2D eigenvalue weighted by molar-refractivity contribution is 5.74. The topological polar surface area (TPSA) is 24.7 Å². The van der Waals surface area contributed by atoms with E-state index in [1.165, 1.54) is 0 Å². The van der Waals surface area contributed by atoms with Crippen LogP contribution in [0, 0.1) is 0 Å². The molecular formula is C9H12N2. The largest absolute Gasteiger partial charge is 0.296 e. The van der Waals surface area contributed by atoms with E-state index < -0.39 is 0 Å². The predicted octanol–water partition coefficient (Wildman–Crippen LogP) is 2.01. The Morgan fingerprint density at radius 1 is 1.45 bits per heavy atom. The normalized spacial score (nSPS) is 11.5. The highest BCUT2D eigenvalue weighted by Gasteiger charge is 1.91. The second kappa shape index (κ2) is 5.35. The Balaban J connectivity index is 4.51. The van der Waals surface area contributed by atoms with Gasteiger partial charge in [0.05, 0.1) is 5.70 Å². The fourth-order valence-electron chi connectivity index (χ4n) is 0.511. The van der Waals surface area contributed by atoms with Gasteiger partial charge < -0.3 is 0 Å². The van der Waals surface area contributed by atoms with Crippen molar-refractivity contribution in [2.24, 2.45) is 9.98 Å². The van der Waals surface area contributed by atoms with Crippen LogP contribution in [0.1, 0.15) is 0 Å². The molecule has 0 fully saturated rings. The zero-order valence-corrected chi connectivity index (χ0v) is 6.75. The standard InChI is InChI=1S/C9H12N2/c1-5-8(2)9(11-4)6-7-10-3/h5-7H,1-2,4H2,3H3/b9-6+,10-7?. The van der Waals surface area contributed by atoms with Gasteiger partial charge in [0.15, 0.2) is 0 Å². The van der Waals surface area contributed by atoms with Gasteiger partial charge in [-0.15, -0.1) is 0 Å². The molecule has 0 aliphatic carbocycles. The fraction of sp³-hybridized carbons (Fsp3) is 0.111. The molecule has 11 heavy (non-hydrogen) atoms. The fourth-order valence-corrected chi connectivity index (χ4v) is 0.511. The first-order valence-corrected chi connectivity index (χ1v) is 3.17. The molecule has 0 aromatic carbocycles. The van der Waals surface area contributed by atoms with Gasteiger partial charge in [0.2, 0.25) is 0 Å². The lowest BCUT2D eigenvalue weighted by Crippen LogP contribution is -1.80. The maximum Gasteiger partial charge on any atom is 0.0703 e. The molecule has 0 N–H and O–H groups in total. The number of hydrogen-bond donors (Lipinski definition) is 0. The van der Waals surface area contributed by atoms with Crippen LogP contribution in [-0.2, 0) is 0 Å². The average molecular weight is 148 g/mol. The third kappa shape index (κ3) is 3.30. The van der Waals surface area contributed by atoms with Crippen molar-refractivity contribution in [1.82, 2.24) is 0 Å². The molecule has 0 unspecified atom stereocenters. The first-order valence-electron chi connectivity index (χ1n) is 3.17. The van der Waals surface area contributed by atoms with E-state index in [1.54, 1.807) is 25.4 Å². The lowest BCUT2D eigenvalue weighted by atomic mass is 10.2. The number of rotatable bonds is 4. The average Bonchev–Trinajstić information content (AvgIpc) is 2.05. The molecule has 0 saturated carbocycles. The lowest BCUT2D eigenvalue weighted by Gasteiger charge is -1.95. The molecule has 0 bridgehead atoms. The number of aliphatic imine (C=N–C) groups is 2. The molecule has 0 atom stereocenters. The van der Waals surface area contributed by atoms with Crippen LogP contribution >= 0.6 is 0 Å². The van der Waals surface area contributed by atoms with Crippen LogP contribution in [0.25, 0.3) is 0 Å². The summed E-state index contributed by atoms with van der Waals surface area (Å²) in [6.07, 6.45) is 5.00. The summed E-state index contributed by atoms with van der Waals surface area (Å²) >= 11 is 0. The Morgan fingerprint density at radius 3 is 2.45 bits per heavy atom. The van der Waals surface area contributed by atoms with Crippen molar-refractivity contribution in [2.75, 3.05) is 7.05 Å². The first kappa shape index (κ1) is 9.56. The van der Waals surface area contributed by atoms with E-state index in [9.17, 15) is 0 Å². The van der Waals surface area contributed by atoms with Gasteiger partial charge in [-0.3, -0.25) is 9.98 Å². The molecule has 0 aromatic heterocycles. The molecule has 58 valence electrons. The van der Waals surface area contributed by atoms with Gasteiger partial charge in [0.25, 0.3) is 0 Å². The minimum absolute atomic E-state index is 0.700. The Labute approximate surface area is 67.4 Å². The van der Waals surface area contributed by atoms with Gasteiger partial charge in [-0.1, -0.05) is 19.2 Å². The van der Waals surface area contributed by atoms with Gasteiger partial charge in [-0.2, -0.15) is 0 Å². The van der Waals surface area contributed by atoms with Gasteiger partial charge in [0, 0.05) is 13.3 Å². The quantitative estimate of drug-likeness (QED) is 0.430. The highest BCUT2D eigenvalue weighted by Crippen LogP contribution is 2.07. The van der Waals surface area contributed by atoms with Crippen molar-refractivity contribution in [3.63, 3.8) is 0 Å². The molecule has 0 aromatic rings. The van der Waals surface area contributed by atoms with E-state index in [-0.39, 0.29) is 0 Å². The van der Waals surface area contributed by atoms with Crippen molar-refractivity contribution in [3.05, 3.63) is 36.6 Å². The Hall–Kier alpha value is -1.44. The molecule has 0 aliphatic rings. The number of allylic oxidation sites excluding steroid dienone is 2. The van der Waals surface area contributed by atoms with Crippen LogP contribution in [0.15, 0.2) is 46.6 Å². The van der Waals surface area contributed by atoms with Crippen LogP contribution in [0.3, 0.4) is 0 Å². The molecule has 0 radical (unpaired) electrons. The van der Waals surface area contributed by atoms with Gasteiger partial charge in [-0.05, 0) is 18.4 Å². The minimum Gasteiger partial charge on any atom is -0.296 e. The van der Waals surface area contributed by atoms with E-state index in [0.29, 0.717) is 5.70 Å². The second-order valence-corrected chi connectivity index (χ2v) is 1.85. The molecule has 0 aliphatic heterocycles. The molecular weight excluding hydrogens is 136 g/mol. The molecule has 0 rings (SSSR count). The molecule has 2 heteroatoms. The van der Waals surface area contributed by atoms with Crippen molar-refractivity contribution >= 4 is 12.9 Å². The van der Waals surface area contributed by atoms with Crippen LogP contribution in [0.4, 0.5) is 0 Å². The number of nitrogens with zero attached hydrogens (tertiary/aromatic N) is 2. The van der Waals surface area contributed by atoms with Gasteiger partial charge in [-0.25, -0.2) is 0 Å². The Kier molecular flexibility index (Phi) is 4.65. The van der Waals surface area contributed by atoms with Crippen molar-refractivity contribution in [2.45, 2.75) is 0 Å².